The lowest BCUT2D eigenvalue weighted by Crippen LogP contribution is -2.32. The van der Waals surface area contributed by atoms with E-state index in [2.05, 4.69) is 44.7 Å². The Morgan fingerprint density at radius 2 is 2.29 bits per heavy atom. The number of allylic oxidation sites excluding steroid dienone is 4. The van der Waals surface area contributed by atoms with E-state index in [0.717, 1.165) is 19.3 Å². The van der Waals surface area contributed by atoms with Gasteiger partial charge in [-0.1, -0.05) is 23.3 Å². The van der Waals surface area contributed by atoms with Crippen molar-refractivity contribution in [3.8, 4) is 0 Å². The van der Waals surface area contributed by atoms with Crippen molar-refractivity contribution in [2.24, 2.45) is 5.92 Å². The van der Waals surface area contributed by atoms with Crippen LogP contribution < -0.4 is 0 Å². The van der Waals surface area contributed by atoms with Crippen LogP contribution in [0.25, 0.3) is 4.85 Å². The molecule has 0 fully saturated rings. The molecule has 0 aromatic carbocycles. The van der Waals surface area contributed by atoms with Gasteiger partial charge in [-0.15, -0.1) is 0 Å². The molecule has 0 aromatic heterocycles. The lowest BCUT2D eigenvalue weighted by atomic mass is 9.74. The number of rotatable bonds is 4. The van der Waals surface area contributed by atoms with Gasteiger partial charge in [0.1, 0.15) is 0 Å². The second-order valence-electron chi connectivity index (χ2n) is 5.81. The second kappa shape index (κ2) is 6.05. The minimum atomic E-state index is -0.164. The van der Waals surface area contributed by atoms with Crippen molar-refractivity contribution in [2.75, 3.05) is 0 Å². The first-order chi connectivity index (χ1) is 7.98. The van der Waals surface area contributed by atoms with Crippen LogP contribution in [0.4, 0.5) is 0 Å². The van der Waals surface area contributed by atoms with Crippen molar-refractivity contribution < 1.29 is 0 Å². The fraction of sp³-hybridized carbons (Fsp3) is 0.688. The van der Waals surface area contributed by atoms with Gasteiger partial charge in [0.25, 0.3) is 0 Å². The molecule has 1 rings (SSSR count). The smallest absolute Gasteiger partial charge is 0.233 e. The zero-order valence-electron chi connectivity index (χ0n) is 11.7. The number of nitrogens with zero attached hydrogens (tertiary/aromatic N) is 1. The normalized spacial score (nSPS) is 23.2. The molecular formula is C16H25N. The molecule has 2 atom stereocenters. The molecular weight excluding hydrogens is 206 g/mol. The molecule has 94 valence electrons. The molecule has 0 N–H and O–H groups in total. The van der Waals surface area contributed by atoms with Gasteiger partial charge in [-0.3, -0.25) is 0 Å². The van der Waals surface area contributed by atoms with E-state index in [1.54, 1.807) is 0 Å². The largest absolute Gasteiger partial charge is 0.310 e. The Hall–Kier alpha value is -1.03. The van der Waals surface area contributed by atoms with Crippen molar-refractivity contribution in [1.82, 2.24) is 0 Å². The zero-order chi connectivity index (χ0) is 12.9. The van der Waals surface area contributed by atoms with Crippen LogP contribution in [0, 0.1) is 12.5 Å². The standard InChI is InChI=1S/C16H25N/c1-13(2)7-6-12-16(4,17-5)15-10-8-14(3)9-11-15/h7-8,15H,6,9-12H2,1-4H3/t15?,16-/m1/s1. The molecule has 0 bridgehead atoms. The summed E-state index contributed by atoms with van der Waals surface area (Å²) in [5.41, 5.74) is 2.69. The van der Waals surface area contributed by atoms with Gasteiger partial charge in [0.15, 0.2) is 0 Å². The summed E-state index contributed by atoms with van der Waals surface area (Å²) in [6.45, 7) is 16.1. The van der Waals surface area contributed by atoms with E-state index >= 15 is 0 Å². The van der Waals surface area contributed by atoms with Crippen LogP contribution in [-0.4, -0.2) is 5.54 Å². The molecule has 17 heavy (non-hydrogen) atoms. The van der Waals surface area contributed by atoms with Gasteiger partial charge in [0.2, 0.25) is 5.54 Å². The Morgan fingerprint density at radius 3 is 2.76 bits per heavy atom. The molecule has 0 spiro atoms. The third-order valence-corrected chi connectivity index (χ3v) is 3.98. The van der Waals surface area contributed by atoms with Crippen LogP contribution in [0.2, 0.25) is 0 Å². The van der Waals surface area contributed by atoms with Gasteiger partial charge in [-0.05, 0) is 46.5 Å². The third kappa shape index (κ3) is 4.04. The van der Waals surface area contributed by atoms with Gasteiger partial charge in [-0.25, -0.2) is 6.57 Å². The van der Waals surface area contributed by atoms with Crippen LogP contribution in [0.3, 0.4) is 0 Å². The fourth-order valence-corrected chi connectivity index (χ4v) is 2.53. The third-order valence-electron chi connectivity index (χ3n) is 3.98. The van der Waals surface area contributed by atoms with Crippen LogP contribution in [-0.2, 0) is 0 Å². The maximum absolute atomic E-state index is 7.51. The minimum Gasteiger partial charge on any atom is -0.310 e. The Balaban J connectivity index is 2.63. The van der Waals surface area contributed by atoms with Crippen LogP contribution in [0.1, 0.15) is 59.8 Å². The molecule has 1 heteroatoms. The predicted octanol–water partition coefficient (Wildman–Crippen LogP) is 5.16. The van der Waals surface area contributed by atoms with Gasteiger partial charge in [0.05, 0.1) is 0 Å². The molecule has 1 unspecified atom stereocenters. The van der Waals surface area contributed by atoms with Crippen LogP contribution in [0.5, 0.6) is 0 Å². The highest BCUT2D eigenvalue weighted by Gasteiger charge is 2.39. The summed E-state index contributed by atoms with van der Waals surface area (Å²) < 4.78 is 0. The molecule has 0 saturated carbocycles. The van der Waals surface area contributed by atoms with E-state index in [4.69, 9.17) is 6.57 Å². The summed E-state index contributed by atoms with van der Waals surface area (Å²) in [6.07, 6.45) is 10.1. The maximum atomic E-state index is 7.51. The van der Waals surface area contributed by atoms with E-state index in [-0.39, 0.29) is 5.54 Å². The fourth-order valence-electron chi connectivity index (χ4n) is 2.53. The first-order valence-corrected chi connectivity index (χ1v) is 6.65. The summed E-state index contributed by atoms with van der Waals surface area (Å²) in [6, 6.07) is 0. The summed E-state index contributed by atoms with van der Waals surface area (Å²) >= 11 is 0. The topological polar surface area (TPSA) is 4.36 Å². The highest BCUT2D eigenvalue weighted by atomic mass is 14.8. The summed E-state index contributed by atoms with van der Waals surface area (Å²) in [4.78, 5) is 3.96. The SMILES string of the molecule is [C-]#[N+][C@](C)(CCC=C(C)C)C1CC=C(C)CC1. The van der Waals surface area contributed by atoms with Gasteiger partial charge < -0.3 is 4.85 Å². The van der Waals surface area contributed by atoms with Gasteiger partial charge >= 0.3 is 0 Å². The highest BCUT2D eigenvalue weighted by Crippen LogP contribution is 2.37. The summed E-state index contributed by atoms with van der Waals surface area (Å²) in [7, 11) is 0. The Bertz CT molecular complexity index is 352. The van der Waals surface area contributed by atoms with E-state index in [1.807, 2.05) is 0 Å². The molecule has 1 aliphatic rings. The molecule has 0 radical (unpaired) electrons. The van der Waals surface area contributed by atoms with Crippen LogP contribution in [0.15, 0.2) is 23.3 Å². The Labute approximate surface area is 106 Å². The molecule has 1 nitrogen and oxygen atoms in total. The van der Waals surface area contributed by atoms with Gasteiger partial charge in [-0.2, -0.15) is 0 Å². The predicted molar refractivity (Wildman–Crippen MR) is 74.8 cm³/mol. The van der Waals surface area contributed by atoms with E-state index in [9.17, 15) is 0 Å². The van der Waals surface area contributed by atoms with Crippen molar-refractivity contribution in [2.45, 2.75) is 65.3 Å². The Kier molecular flexibility index (Phi) is 5.00. The Morgan fingerprint density at radius 1 is 1.59 bits per heavy atom. The number of hydrogen-bond acceptors (Lipinski definition) is 0. The molecule has 1 aliphatic carbocycles. The monoisotopic (exact) mass is 231 g/mol. The summed E-state index contributed by atoms with van der Waals surface area (Å²) in [5, 5.41) is 0. The quantitative estimate of drug-likeness (QED) is 0.465. The van der Waals surface area contributed by atoms with Crippen molar-refractivity contribution in [3.05, 3.63) is 34.7 Å². The van der Waals surface area contributed by atoms with Crippen molar-refractivity contribution in [3.63, 3.8) is 0 Å². The molecule has 0 amide bonds. The lowest BCUT2D eigenvalue weighted by molar-refractivity contribution is 0.301. The second-order valence-corrected chi connectivity index (χ2v) is 5.81. The molecule has 0 aliphatic heterocycles. The number of hydrogen-bond donors (Lipinski definition) is 0. The van der Waals surface area contributed by atoms with Crippen LogP contribution >= 0.6 is 0 Å². The summed E-state index contributed by atoms with van der Waals surface area (Å²) in [5.74, 6) is 0.550. The zero-order valence-corrected chi connectivity index (χ0v) is 11.7. The molecule has 0 heterocycles. The van der Waals surface area contributed by atoms with Gasteiger partial charge in [0, 0.05) is 19.3 Å². The molecule has 0 aromatic rings. The van der Waals surface area contributed by atoms with E-state index in [1.165, 1.54) is 24.0 Å². The average molecular weight is 231 g/mol. The molecule has 0 saturated heterocycles. The maximum Gasteiger partial charge on any atom is 0.233 e. The first kappa shape index (κ1) is 14.0. The first-order valence-electron chi connectivity index (χ1n) is 6.65. The lowest BCUT2D eigenvalue weighted by Gasteiger charge is -2.29. The van der Waals surface area contributed by atoms with E-state index in [0.29, 0.717) is 5.92 Å². The van der Waals surface area contributed by atoms with Crippen molar-refractivity contribution >= 4 is 0 Å². The van der Waals surface area contributed by atoms with Crippen molar-refractivity contribution in [1.29, 1.82) is 0 Å². The highest BCUT2D eigenvalue weighted by molar-refractivity contribution is 5.11. The van der Waals surface area contributed by atoms with E-state index < -0.39 is 0 Å². The average Bonchev–Trinajstić information content (AvgIpc) is 2.29. The minimum absolute atomic E-state index is 0.164.